The molecule has 0 radical (unpaired) electrons. The summed E-state index contributed by atoms with van der Waals surface area (Å²) in [5.74, 6) is 0.394. The van der Waals surface area contributed by atoms with Crippen molar-refractivity contribution in [3.63, 3.8) is 0 Å². The smallest absolute Gasteiger partial charge is 0.258 e. The number of benzene rings is 1. The molecule has 0 saturated carbocycles. The number of ether oxygens (including phenoxy) is 1. The Balaban J connectivity index is 3.42. The van der Waals surface area contributed by atoms with Gasteiger partial charge in [-0.1, -0.05) is 67.5 Å². The fourth-order valence-electron chi connectivity index (χ4n) is 2.64. The van der Waals surface area contributed by atoms with Gasteiger partial charge in [-0.15, -0.1) is 0 Å². The molecule has 0 aliphatic heterocycles. The largest absolute Gasteiger partial charge is 0.480 e. The lowest BCUT2D eigenvalue weighted by atomic mass is 9.76. The van der Waals surface area contributed by atoms with Crippen molar-refractivity contribution in [3.8, 4) is 5.75 Å². The van der Waals surface area contributed by atoms with Gasteiger partial charge in [-0.05, 0) is 41.2 Å². The average Bonchev–Trinajstić information content (AvgIpc) is 2.51. The zero-order chi connectivity index (χ0) is 18.7. The summed E-state index contributed by atoms with van der Waals surface area (Å²) in [6.07, 6.45) is 1.44. The number of hydrogen-bond donors (Lipinski definition) is 1. The number of carbonyl (C=O) groups excluding carboxylic acids is 1. The molecule has 1 atom stereocenters. The molecule has 1 amide bonds. The molecule has 0 aliphatic carbocycles. The summed E-state index contributed by atoms with van der Waals surface area (Å²) in [6.45, 7) is 17.2. The highest BCUT2D eigenvalue weighted by Crippen LogP contribution is 2.39. The van der Waals surface area contributed by atoms with Gasteiger partial charge < -0.3 is 10.5 Å². The first kappa shape index (κ1) is 20.5. The molecule has 1 aromatic carbocycles. The zero-order valence-electron chi connectivity index (χ0n) is 16.7. The summed E-state index contributed by atoms with van der Waals surface area (Å²) < 4.78 is 6.08. The Morgan fingerprint density at radius 2 is 1.62 bits per heavy atom. The summed E-state index contributed by atoms with van der Waals surface area (Å²) in [5, 5.41) is 0. The van der Waals surface area contributed by atoms with Gasteiger partial charge in [0.1, 0.15) is 5.75 Å². The van der Waals surface area contributed by atoms with Crippen LogP contribution in [-0.4, -0.2) is 12.0 Å². The van der Waals surface area contributed by atoms with E-state index in [2.05, 4.69) is 53.7 Å². The number of rotatable bonds is 8. The fourth-order valence-corrected chi connectivity index (χ4v) is 2.64. The van der Waals surface area contributed by atoms with E-state index >= 15 is 0 Å². The molecule has 24 heavy (non-hydrogen) atoms. The fraction of sp³-hybridized carbons (Fsp3) is 0.667. The van der Waals surface area contributed by atoms with Crippen LogP contribution in [0.4, 0.5) is 0 Å². The molecule has 1 unspecified atom stereocenters. The summed E-state index contributed by atoms with van der Waals surface area (Å²) in [6, 6.07) is 6.38. The van der Waals surface area contributed by atoms with Crippen molar-refractivity contribution in [2.75, 3.05) is 0 Å². The van der Waals surface area contributed by atoms with Gasteiger partial charge in [0.15, 0.2) is 6.10 Å². The molecule has 0 fully saturated rings. The van der Waals surface area contributed by atoms with Crippen molar-refractivity contribution in [1.82, 2.24) is 0 Å². The van der Waals surface area contributed by atoms with Crippen LogP contribution in [0.15, 0.2) is 18.2 Å². The minimum Gasteiger partial charge on any atom is -0.480 e. The maximum absolute atomic E-state index is 11.7. The Kier molecular flexibility index (Phi) is 6.49. The van der Waals surface area contributed by atoms with Crippen LogP contribution in [0.3, 0.4) is 0 Å². The number of amides is 1. The molecule has 3 nitrogen and oxygen atoms in total. The molecule has 0 aromatic heterocycles. The van der Waals surface area contributed by atoms with E-state index < -0.39 is 12.0 Å². The van der Waals surface area contributed by atoms with Crippen molar-refractivity contribution in [3.05, 3.63) is 29.3 Å². The maximum Gasteiger partial charge on any atom is 0.258 e. The van der Waals surface area contributed by atoms with E-state index in [0.29, 0.717) is 0 Å². The molecule has 2 N–H and O–H groups in total. The van der Waals surface area contributed by atoms with Crippen molar-refractivity contribution >= 4 is 5.91 Å². The highest BCUT2D eigenvalue weighted by atomic mass is 16.5. The van der Waals surface area contributed by atoms with Gasteiger partial charge in [0.05, 0.1) is 0 Å². The molecular formula is C21H35NO2. The molecule has 0 spiro atoms. The van der Waals surface area contributed by atoms with Gasteiger partial charge in [-0.3, -0.25) is 4.79 Å². The van der Waals surface area contributed by atoms with Crippen molar-refractivity contribution in [2.24, 2.45) is 11.7 Å². The van der Waals surface area contributed by atoms with Crippen LogP contribution in [0.25, 0.3) is 0 Å². The van der Waals surface area contributed by atoms with Gasteiger partial charge in [-0.25, -0.2) is 0 Å². The highest BCUT2D eigenvalue weighted by Gasteiger charge is 2.29. The summed E-state index contributed by atoms with van der Waals surface area (Å²) in [5.41, 5.74) is 8.06. The van der Waals surface area contributed by atoms with Gasteiger partial charge in [0.2, 0.25) is 0 Å². The van der Waals surface area contributed by atoms with Crippen LogP contribution < -0.4 is 10.5 Å². The van der Waals surface area contributed by atoms with Crippen LogP contribution >= 0.6 is 0 Å². The van der Waals surface area contributed by atoms with E-state index in [0.717, 1.165) is 24.2 Å². The first-order valence-corrected chi connectivity index (χ1v) is 9.07. The van der Waals surface area contributed by atoms with Crippen molar-refractivity contribution in [1.29, 1.82) is 0 Å². The van der Waals surface area contributed by atoms with E-state index in [9.17, 15) is 4.79 Å². The quantitative estimate of drug-likeness (QED) is 0.731. The second-order valence-corrected chi connectivity index (χ2v) is 8.37. The van der Waals surface area contributed by atoms with E-state index in [1.165, 1.54) is 5.56 Å². The van der Waals surface area contributed by atoms with Crippen molar-refractivity contribution < 1.29 is 9.53 Å². The Labute approximate surface area is 148 Å². The molecule has 136 valence electrons. The lowest BCUT2D eigenvalue weighted by Crippen LogP contribution is -2.38. The zero-order valence-corrected chi connectivity index (χ0v) is 16.7. The number of carbonyl (C=O) groups is 1. The molecule has 0 aliphatic rings. The predicted molar refractivity (Wildman–Crippen MR) is 102 cm³/mol. The van der Waals surface area contributed by atoms with Gasteiger partial charge in [-0.2, -0.15) is 0 Å². The third kappa shape index (κ3) is 4.52. The van der Waals surface area contributed by atoms with E-state index in [-0.39, 0.29) is 16.7 Å². The average molecular weight is 334 g/mol. The van der Waals surface area contributed by atoms with Crippen molar-refractivity contribution in [2.45, 2.75) is 85.2 Å². The van der Waals surface area contributed by atoms with E-state index in [1.54, 1.807) is 0 Å². The molecule has 1 rings (SSSR count). The highest BCUT2D eigenvalue weighted by molar-refractivity contribution is 5.79. The van der Waals surface area contributed by atoms with Gasteiger partial charge >= 0.3 is 0 Å². The molecule has 1 aromatic rings. The summed E-state index contributed by atoms with van der Waals surface area (Å²) >= 11 is 0. The first-order chi connectivity index (χ1) is 11.0. The topological polar surface area (TPSA) is 52.3 Å². The standard InChI is InChI=1S/C21H35NO2/c1-9-20(5,6)15-11-12-17(16(13-15)21(7,8)10-2)24-18(14(3)4)19(22)23/h11-14,18H,9-10H2,1-8H3,(H2,22,23). The second kappa shape index (κ2) is 7.58. The molecule has 3 heteroatoms. The normalized spacial score (nSPS) is 13.9. The first-order valence-electron chi connectivity index (χ1n) is 9.07. The summed E-state index contributed by atoms with van der Waals surface area (Å²) in [4.78, 5) is 11.7. The number of primary amides is 1. The van der Waals surface area contributed by atoms with Crippen LogP contribution in [0.2, 0.25) is 0 Å². The maximum atomic E-state index is 11.7. The Bertz CT molecular complexity index is 573. The Morgan fingerprint density at radius 3 is 2.04 bits per heavy atom. The Hall–Kier alpha value is -1.51. The minimum absolute atomic E-state index is 0.0334. The van der Waals surface area contributed by atoms with Crippen LogP contribution in [0.1, 0.15) is 79.4 Å². The lowest BCUT2D eigenvalue weighted by Gasteiger charge is -2.32. The van der Waals surface area contributed by atoms with E-state index in [4.69, 9.17) is 10.5 Å². The third-order valence-electron chi connectivity index (χ3n) is 5.40. The molecule has 0 saturated heterocycles. The third-order valence-corrected chi connectivity index (χ3v) is 5.40. The number of hydrogen-bond acceptors (Lipinski definition) is 2. The monoisotopic (exact) mass is 333 g/mol. The van der Waals surface area contributed by atoms with Gasteiger partial charge in [0, 0.05) is 5.56 Å². The SMILES string of the molecule is CCC(C)(C)c1ccc(OC(C(N)=O)C(C)C)c(C(C)(C)CC)c1. The predicted octanol–water partition coefficient (Wildman–Crippen LogP) is 4.95. The number of nitrogens with two attached hydrogens (primary N) is 1. The van der Waals surface area contributed by atoms with Crippen LogP contribution in [0, 0.1) is 5.92 Å². The second-order valence-electron chi connectivity index (χ2n) is 8.37. The molecule has 0 heterocycles. The van der Waals surface area contributed by atoms with E-state index in [1.807, 2.05) is 19.9 Å². The van der Waals surface area contributed by atoms with Crippen LogP contribution in [0.5, 0.6) is 5.75 Å². The van der Waals surface area contributed by atoms with Gasteiger partial charge in [0.25, 0.3) is 5.91 Å². The Morgan fingerprint density at radius 1 is 1.08 bits per heavy atom. The molecular weight excluding hydrogens is 298 g/mol. The lowest BCUT2D eigenvalue weighted by molar-refractivity contribution is -0.126. The molecule has 0 bridgehead atoms. The minimum atomic E-state index is -0.610. The summed E-state index contributed by atoms with van der Waals surface area (Å²) in [7, 11) is 0. The van der Waals surface area contributed by atoms with Crippen LogP contribution in [-0.2, 0) is 15.6 Å².